The lowest BCUT2D eigenvalue weighted by atomic mass is 10.00. The minimum absolute atomic E-state index is 0.0377. The summed E-state index contributed by atoms with van der Waals surface area (Å²) >= 11 is 0. The van der Waals surface area contributed by atoms with Crippen molar-refractivity contribution in [1.82, 2.24) is 4.90 Å². The molecule has 0 heterocycles. The SMILES string of the molecule is CCN(CC(O)c1cccc2ccccc12)CC(F)(F)F. The summed E-state index contributed by atoms with van der Waals surface area (Å²) in [7, 11) is 0. The lowest BCUT2D eigenvalue weighted by Gasteiger charge is -2.25. The first kappa shape index (κ1) is 15.8. The molecule has 0 saturated heterocycles. The van der Waals surface area contributed by atoms with Crippen LogP contribution >= 0.6 is 0 Å². The Morgan fingerprint density at radius 1 is 1.10 bits per heavy atom. The molecule has 0 radical (unpaired) electrons. The lowest BCUT2D eigenvalue weighted by molar-refractivity contribution is -0.148. The second kappa shape index (κ2) is 6.45. The van der Waals surface area contributed by atoms with Gasteiger partial charge in [0.25, 0.3) is 0 Å². The van der Waals surface area contributed by atoms with Gasteiger partial charge in [-0.2, -0.15) is 13.2 Å². The van der Waals surface area contributed by atoms with Crippen molar-refractivity contribution in [2.24, 2.45) is 0 Å². The molecular weight excluding hydrogens is 279 g/mol. The fraction of sp³-hybridized carbons (Fsp3) is 0.375. The number of aliphatic hydroxyl groups is 1. The molecule has 0 fully saturated rings. The number of likely N-dealkylation sites (N-methyl/N-ethyl adjacent to an activating group) is 1. The predicted octanol–water partition coefficient (Wildman–Crippen LogP) is 3.76. The van der Waals surface area contributed by atoms with E-state index in [9.17, 15) is 18.3 Å². The van der Waals surface area contributed by atoms with Gasteiger partial charge in [0.05, 0.1) is 12.6 Å². The van der Waals surface area contributed by atoms with Crippen LogP contribution in [0.1, 0.15) is 18.6 Å². The molecule has 1 atom stereocenters. The Labute approximate surface area is 121 Å². The molecule has 2 nitrogen and oxygen atoms in total. The molecule has 5 heteroatoms. The molecule has 114 valence electrons. The van der Waals surface area contributed by atoms with E-state index in [1.807, 2.05) is 30.3 Å². The van der Waals surface area contributed by atoms with E-state index in [0.29, 0.717) is 5.56 Å². The Balaban J connectivity index is 2.20. The van der Waals surface area contributed by atoms with Crippen molar-refractivity contribution < 1.29 is 18.3 Å². The van der Waals surface area contributed by atoms with Crippen LogP contribution in [-0.2, 0) is 0 Å². The van der Waals surface area contributed by atoms with E-state index < -0.39 is 18.8 Å². The maximum Gasteiger partial charge on any atom is 0.401 e. The molecule has 0 aliphatic heterocycles. The third-order valence-corrected chi connectivity index (χ3v) is 3.46. The topological polar surface area (TPSA) is 23.5 Å². The van der Waals surface area contributed by atoms with Gasteiger partial charge in [0.1, 0.15) is 0 Å². The van der Waals surface area contributed by atoms with E-state index >= 15 is 0 Å². The monoisotopic (exact) mass is 297 g/mol. The molecule has 0 spiro atoms. The average Bonchev–Trinajstić information content (AvgIpc) is 2.44. The van der Waals surface area contributed by atoms with Gasteiger partial charge >= 0.3 is 6.18 Å². The molecule has 0 aromatic heterocycles. The first-order valence-electron chi connectivity index (χ1n) is 6.85. The summed E-state index contributed by atoms with van der Waals surface area (Å²) in [6, 6.07) is 13.0. The highest BCUT2D eigenvalue weighted by molar-refractivity contribution is 5.85. The fourth-order valence-corrected chi connectivity index (χ4v) is 2.44. The number of alkyl halides is 3. The van der Waals surface area contributed by atoms with Crippen molar-refractivity contribution in [1.29, 1.82) is 0 Å². The van der Waals surface area contributed by atoms with E-state index in [-0.39, 0.29) is 13.1 Å². The third kappa shape index (κ3) is 4.19. The van der Waals surface area contributed by atoms with Gasteiger partial charge in [-0.3, -0.25) is 4.90 Å². The minimum atomic E-state index is -4.26. The van der Waals surface area contributed by atoms with Crippen molar-refractivity contribution in [3.05, 3.63) is 48.0 Å². The van der Waals surface area contributed by atoms with Crippen LogP contribution in [0.25, 0.3) is 10.8 Å². The van der Waals surface area contributed by atoms with Gasteiger partial charge in [-0.15, -0.1) is 0 Å². The Hall–Kier alpha value is -1.59. The second-order valence-corrected chi connectivity index (χ2v) is 5.03. The van der Waals surface area contributed by atoms with Crippen molar-refractivity contribution in [2.75, 3.05) is 19.6 Å². The zero-order valence-corrected chi connectivity index (χ0v) is 11.8. The maximum atomic E-state index is 12.5. The highest BCUT2D eigenvalue weighted by Crippen LogP contribution is 2.26. The Morgan fingerprint density at radius 3 is 2.43 bits per heavy atom. The molecule has 0 aliphatic rings. The van der Waals surface area contributed by atoms with Crippen LogP contribution in [0, 0.1) is 0 Å². The minimum Gasteiger partial charge on any atom is -0.387 e. The van der Waals surface area contributed by atoms with Crippen molar-refractivity contribution in [3.8, 4) is 0 Å². The highest BCUT2D eigenvalue weighted by atomic mass is 19.4. The standard InChI is InChI=1S/C16H18F3NO/c1-2-20(11-16(17,18)19)10-15(21)14-9-5-7-12-6-3-4-8-13(12)14/h3-9,15,21H,2,10-11H2,1H3. The summed E-state index contributed by atoms with van der Waals surface area (Å²) < 4.78 is 37.4. The van der Waals surface area contributed by atoms with E-state index in [2.05, 4.69) is 0 Å². The molecule has 2 rings (SSSR count). The van der Waals surface area contributed by atoms with Gasteiger partial charge in [-0.05, 0) is 22.9 Å². The molecule has 1 N–H and O–H groups in total. The van der Waals surface area contributed by atoms with Crippen molar-refractivity contribution in [2.45, 2.75) is 19.2 Å². The zero-order chi connectivity index (χ0) is 15.5. The quantitative estimate of drug-likeness (QED) is 0.908. The first-order chi connectivity index (χ1) is 9.90. The van der Waals surface area contributed by atoms with Gasteiger partial charge < -0.3 is 5.11 Å². The summed E-state index contributed by atoms with van der Waals surface area (Å²) in [5.74, 6) is 0. The van der Waals surface area contributed by atoms with Crippen LogP contribution in [0.3, 0.4) is 0 Å². The summed E-state index contributed by atoms with van der Waals surface area (Å²) in [4.78, 5) is 1.20. The van der Waals surface area contributed by atoms with Gasteiger partial charge in [0.15, 0.2) is 0 Å². The van der Waals surface area contributed by atoms with Gasteiger partial charge in [-0.25, -0.2) is 0 Å². The third-order valence-electron chi connectivity index (χ3n) is 3.46. The molecule has 0 saturated carbocycles. The number of aliphatic hydroxyl groups excluding tert-OH is 1. The summed E-state index contributed by atoms with van der Waals surface area (Å²) in [5.41, 5.74) is 0.661. The smallest absolute Gasteiger partial charge is 0.387 e. The summed E-state index contributed by atoms with van der Waals surface area (Å²) in [5, 5.41) is 12.1. The van der Waals surface area contributed by atoms with Gasteiger partial charge in [0, 0.05) is 6.54 Å². The Kier molecular flexibility index (Phi) is 4.85. The fourth-order valence-electron chi connectivity index (χ4n) is 2.44. The normalized spacial score (nSPS) is 13.8. The van der Waals surface area contributed by atoms with Crippen molar-refractivity contribution >= 4 is 10.8 Å². The number of nitrogens with zero attached hydrogens (tertiary/aromatic N) is 1. The number of hydrogen-bond acceptors (Lipinski definition) is 2. The van der Waals surface area contributed by atoms with E-state index in [1.54, 1.807) is 19.1 Å². The Morgan fingerprint density at radius 2 is 1.76 bits per heavy atom. The van der Waals surface area contributed by atoms with Gasteiger partial charge in [0.2, 0.25) is 0 Å². The number of fused-ring (bicyclic) bond motifs is 1. The highest BCUT2D eigenvalue weighted by Gasteiger charge is 2.31. The largest absolute Gasteiger partial charge is 0.401 e. The van der Waals surface area contributed by atoms with Gasteiger partial charge in [-0.1, -0.05) is 49.4 Å². The van der Waals surface area contributed by atoms with Crippen LogP contribution in [0.5, 0.6) is 0 Å². The summed E-state index contributed by atoms with van der Waals surface area (Å²) in [6.07, 6.45) is -5.20. The van der Waals surface area contributed by atoms with Crippen LogP contribution in [0.4, 0.5) is 13.2 Å². The van der Waals surface area contributed by atoms with Crippen LogP contribution in [0.15, 0.2) is 42.5 Å². The first-order valence-corrected chi connectivity index (χ1v) is 6.85. The lowest BCUT2D eigenvalue weighted by Crippen LogP contribution is -2.36. The Bertz CT molecular complexity index is 592. The van der Waals surface area contributed by atoms with E-state index in [1.165, 1.54) is 4.90 Å². The maximum absolute atomic E-state index is 12.5. The van der Waals surface area contributed by atoms with Crippen molar-refractivity contribution in [3.63, 3.8) is 0 Å². The molecule has 0 bridgehead atoms. The molecule has 0 amide bonds. The van der Waals surface area contributed by atoms with Crippen LogP contribution in [0.2, 0.25) is 0 Å². The second-order valence-electron chi connectivity index (χ2n) is 5.03. The molecular formula is C16H18F3NO. The average molecular weight is 297 g/mol. The molecule has 1 unspecified atom stereocenters. The molecule has 21 heavy (non-hydrogen) atoms. The van der Waals surface area contributed by atoms with Crippen LogP contribution < -0.4 is 0 Å². The number of halogens is 3. The van der Waals surface area contributed by atoms with E-state index in [4.69, 9.17) is 0 Å². The number of hydrogen-bond donors (Lipinski definition) is 1. The molecule has 2 aromatic carbocycles. The molecule has 0 aliphatic carbocycles. The predicted molar refractivity (Wildman–Crippen MR) is 77.1 cm³/mol. The number of benzene rings is 2. The molecule has 2 aromatic rings. The summed E-state index contributed by atoms with van der Waals surface area (Å²) in [6.45, 7) is 0.845. The zero-order valence-electron chi connectivity index (χ0n) is 11.8. The van der Waals surface area contributed by atoms with Crippen LogP contribution in [-0.4, -0.2) is 35.8 Å². The number of rotatable bonds is 5. The van der Waals surface area contributed by atoms with E-state index in [0.717, 1.165) is 10.8 Å².